The Balaban J connectivity index is 1.78. The maximum absolute atomic E-state index is 14.0. The first-order valence-electron chi connectivity index (χ1n) is 7.98. The van der Waals surface area contributed by atoms with E-state index in [1.54, 1.807) is 18.2 Å². The van der Waals surface area contributed by atoms with Gasteiger partial charge in [0.25, 0.3) is 0 Å². The third-order valence-corrected chi connectivity index (χ3v) is 5.13. The molecule has 3 rings (SSSR count). The maximum Gasteiger partial charge on any atom is 0.186 e. The van der Waals surface area contributed by atoms with Crippen molar-refractivity contribution in [3.05, 3.63) is 59.4 Å². The van der Waals surface area contributed by atoms with Gasteiger partial charge in [0.1, 0.15) is 11.9 Å². The van der Waals surface area contributed by atoms with Gasteiger partial charge in [0.15, 0.2) is 5.71 Å². The monoisotopic (exact) mass is 356 g/mol. The summed E-state index contributed by atoms with van der Waals surface area (Å²) in [6.45, 7) is 1.44. The van der Waals surface area contributed by atoms with Crippen LogP contribution in [0.3, 0.4) is 0 Å². The Morgan fingerprint density at radius 1 is 1.16 bits per heavy atom. The average molecular weight is 356 g/mol. The number of benzene rings is 2. The molecule has 1 heterocycles. The van der Waals surface area contributed by atoms with Crippen LogP contribution in [0.1, 0.15) is 29.9 Å². The van der Waals surface area contributed by atoms with Gasteiger partial charge in [-0.15, -0.1) is 0 Å². The molecule has 0 saturated carbocycles. The minimum Gasteiger partial charge on any atom is -0.410 e. The summed E-state index contributed by atoms with van der Waals surface area (Å²) in [5.74, 6) is 0.104. The molecule has 25 heavy (non-hydrogen) atoms. The van der Waals surface area contributed by atoms with Crippen molar-refractivity contribution in [1.29, 1.82) is 5.26 Å². The molecule has 0 atom stereocenters. The summed E-state index contributed by atoms with van der Waals surface area (Å²) in [6, 6.07) is 14.1. The summed E-state index contributed by atoms with van der Waals surface area (Å²) in [7, 11) is 0. The van der Waals surface area contributed by atoms with Crippen LogP contribution in [0.2, 0.25) is 0 Å². The number of hydrogen-bond acceptors (Lipinski definition) is 5. The third-order valence-electron chi connectivity index (χ3n) is 4.16. The van der Waals surface area contributed by atoms with Gasteiger partial charge in [-0.05, 0) is 54.7 Å². The van der Waals surface area contributed by atoms with Gasteiger partial charge >= 0.3 is 0 Å². The van der Waals surface area contributed by atoms with Crippen LogP contribution in [-0.2, 0) is 4.74 Å². The number of nitriles is 1. The highest BCUT2D eigenvalue weighted by molar-refractivity contribution is 7.99. The van der Waals surface area contributed by atoms with Crippen LogP contribution in [0.5, 0.6) is 0 Å². The largest absolute Gasteiger partial charge is 0.410 e. The van der Waals surface area contributed by atoms with Crippen molar-refractivity contribution in [2.45, 2.75) is 28.6 Å². The Bertz CT molecular complexity index is 809. The fourth-order valence-electron chi connectivity index (χ4n) is 2.87. The molecular weight excluding hydrogens is 339 g/mol. The van der Waals surface area contributed by atoms with E-state index in [-0.39, 0.29) is 11.5 Å². The van der Waals surface area contributed by atoms with Crippen molar-refractivity contribution in [1.82, 2.24) is 0 Å². The van der Waals surface area contributed by atoms with E-state index < -0.39 is 0 Å². The average Bonchev–Trinajstić information content (AvgIpc) is 2.64. The summed E-state index contributed by atoms with van der Waals surface area (Å²) in [5, 5.41) is 20.6. The number of rotatable bonds is 4. The molecule has 0 amide bonds. The number of halogens is 1. The van der Waals surface area contributed by atoms with Gasteiger partial charge in [-0.3, -0.25) is 0 Å². The molecule has 2 aromatic rings. The Kier molecular flexibility index (Phi) is 5.69. The molecule has 128 valence electrons. The first kappa shape index (κ1) is 17.5. The molecule has 0 spiro atoms. The first-order valence-corrected chi connectivity index (χ1v) is 8.80. The fraction of sp³-hybridized carbons (Fsp3) is 0.263. The topological polar surface area (TPSA) is 65.6 Å². The number of ether oxygens (including phenoxy) is 1. The van der Waals surface area contributed by atoms with Gasteiger partial charge in [-0.25, -0.2) is 4.39 Å². The van der Waals surface area contributed by atoms with E-state index in [0.717, 1.165) is 41.4 Å². The highest BCUT2D eigenvalue weighted by atomic mass is 32.2. The molecule has 0 bridgehead atoms. The van der Waals surface area contributed by atoms with Gasteiger partial charge in [-0.1, -0.05) is 29.1 Å². The van der Waals surface area contributed by atoms with Crippen LogP contribution >= 0.6 is 11.8 Å². The molecule has 1 N–H and O–H groups in total. The van der Waals surface area contributed by atoms with Crippen molar-refractivity contribution in [3.8, 4) is 6.07 Å². The zero-order valence-electron chi connectivity index (χ0n) is 13.5. The molecular formula is C19H17FN2O2S. The van der Waals surface area contributed by atoms with E-state index >= 15 is 0 Å². The van der Waals surface area contributed by atoms with Crippen LogP contribution < -0.4 is 0 Å². The zero-order chi connectivity index (χ0) is 17.6. The second-order valence-corrected chi connectivity index (χ2v) is 6.94. The zero-order valence-corrected chi connectivity index (χ0v) is 14.3. The number of nitrogens with zero attached hydrogens (tertiary/aromatic N) is 2. The summed E-state index contributed by atoms with van der Waals surface area (Å²) in [6.07, 6.45) is 1.83. The summed E-state index contributed by atoms with van der Waals surface area (Å²) in [5.41, 5.74) is 1.52. The molecule has 4 nitrogen and oxygen atoms in total. The first-order chi connectivity index (χ1) is 12.2. The minimum absolute atomic E-state index is 0.0379. The van der Waals surface area contributed by atoms with E-state index in [0.29, 0.717) is 11.5 Å². The molecule has 1 aliphatic heterocycles. The molecule has 1 fully saturated rings. The fourth-order valence-corrected chi connectivity index (χ4v) is 3.78. The SMILES string of the molecule is N#C/C(=N\O)c1ccc(Sc2cc(F)cc(C3CCOCC3)c2)cc1. The van der Waals surface area contributed by atoms with E-state index in [4.69, 9.17) is 15.2 Å². The lowest BCUT2D eigenvalue weighted by Gasteiger charge is -2.22. The summed E-state index contributed by atoms with van der Waals surface area (Å²) >= 11 is 1.46. The van der Waals surface area contributed by atoms with Gasteiger partial charge in [0.05, 0.1) is 0 Å². The quantitative estimate of drug-likeness (QED) is 0.495. The molecule has 2 aromatic carbocycles. The van der Waals surface area contributed by atoms with E-state index in [1.807, 2.05) is 24.3 Å². The van der Waals surface area contributed by atoms with Crippen LogP contribution in [0.4, 0.5) is 4.39 Å². The Hall–Kier alpha value is -2.36. The van der Waals surface area contributed by atoms with E-state index in [2.05, 4.69) is 5.16 Å². The van der Waals surface area contributed by atoms with Crippen molar-refractivity contribution in [2.75, 3.05) is 13.2 Å². The lowest BCUT2D eigenvalue weighted by atomic mass is 9.92. The van der Waals surface area contributed by atoms with E-state index in [9.17, 15) is 4.39 Å². The van der Waals surface area contributed by atoms with Crippen molar-refractivity contribution in [2.24, 2.45) is 5.16 Å². The Morgan fingerprint density at radius 3 is 2.52 bits per heavy atom. The molecule has 1 saturated heterocycles. The van der Waals surface area contributed by atoms with Gasteiger partial charge in [-0.2, -0.15) is 5.26 Å². The Labute approximate surface area is 149 Å². The summed E-state index contributed by atoms with van der Waals surface area (Å²) in [4.78, 5) is 1.76. The van der Waals surface area contributed by atoms with Crippen molar-refractivity contribution >= 4 is 17.5 Å². The third kappa shape index (κ3) is 4.38. The predicted molar refractivity (Wildman–Crippen MR) is 93.7 cm³/mol. The van der Waals surface area contributed by atoms with Gasteiger partial charge < -0.3 is 9.94 Å². The van der Waals surface area contributed by atoms with E-state index in [1.165, 1.54) is 17.8 Å². The Morgan fingerprint density at radius 2 is 1.88 bits per heavy atom. The van der Waals surface area contributed by atoms with Gasteiger partial charge in [0, 0.05) is 28.6 Å². The minimum atomic E-state index is -0.234. The lowest BCUT2D eigenvalue weighted by molar-refractivity contribution is 0.0852. The van der Waals surface area contributed by atoms with Crippen LogP contribution in [-0.4, -0.2) is 24.1 Å². The molecule has 0 radical (unpaired) electrons. The van der Waals surface area contributed by atoms with Crippen LogP contribution in [0.15, 0.2) is 57.4 Å². The van der Waals surface area contributed by atoms with Gasteiger partial charge in [0.2, 0.25) is 0 Å². The molecule has 0 aromatic heterocycles. The standard InChI is InChI=1S/C19H17FN2O2S/c20-16-9-15(13-5-7-24-8-6-13)10-18(11-16)25-17-3-1-14(2-4-17)19(12-21)22-23/h1-4,9-11,13,23H,5-8H2/b22-19+. The molecule has 0 aliphatic carbocycles. The molecule has 6 heteroatoms. The normalized spacial score (nSPS) is 15.8. The van der Waals surface area contributed by atoms with Crippen LogP contribution in [0.25, 0.3) is 0 Å². The smallest absolute Gasteiger partial charge is 0.186 e. The predicted octanol–water partition coefficient (Wildman–Crippen LogP) is 4.57. The second kappa shape index (κ2) is 8.15. The lowest BCUT2D eigenvalue weighted by Crippen LogP contribution is -2.14. The molecule has 0 unspecified atom stereocenters. The second-order valence-electron chi connectivity index (χ2n) is 5.79. The molecule has 1 aliphatic rings. The maximum atomic E-state index is 14.0. The summed E-state index contributed by atoms with van der Waals surface area (Å²) < 4.78 is 19.4. The number of oxime groups is 1. The highest BCUT2D eigenvalue weighted by Crippen LogP contribution is 2.34. The van der Waals surface area contributed by atoms with Crippen LogP contribution in [0, 0.1) is 17.1 Å². The highest BCUT2D eigenvalue weighted by Gasteiger charge is 2.17. The number of hydrogen-bond donors (Lipinski definition) is 1. The van der Waals surface area contributed by atoms with Crippen molar-refractivity contribution < 1.29 is 14.3 Å². The van der Waals surface area contributed by atoms with Crippen molar-refractivity contribution in [3.63, 3.8) is 0 Å².